The quantitative estimate of drug-likeness (QED) is 0.757. The Bertz CT molecular complexity index is 567. The second kappa shape index (κ2) is 4.50. The molecule has 0 atom stereocenters. The molecule has 0 amide bonds. The summed E-state index contributed by atoms with van der Waals surface area (Å²) in [6.45, 7) is 0. The van der Waals surface area contributed by atoms with Crippen molar-refractivity contribution in [1.82, 2.24) is 0 Å². The molecule has 1 aliphatic carbocycles. The van der Waals surface area contributed by atoms with E-state index in [0.717, 1.165) is 12.8 Å². The molecule has 0 radical (unpaired) electrons. The van der Waals surface area contributed by atoms with Gasteiger partial charge in [-0.1, -0.05) is 70.5 Å². The lowest BCUT2D eigenvalue weighted by atomic mass is 9.99. The van der Waals surface area contributed by atoms with Crippen molar-refractivity contribution in [2.75, 3.05) is 0 Å². The van der Waals surface area contributed by atoms with E-state index < -0.39 is 0 Å². The Morgan fingerprint density at radius 2 is 1.59 bits per heavy atom. The smallest absolute Gasteiger partial charge is 0.00498 e. The number of fused-ring (bicyclic) bond motifs is 1. The van der Waals surface area contributed by atoms with Crippen molar-refractivity contribution in [1.29, 1.82) is 0 Å². The molecule has 0 fully saturated rings. The minimum atomic E-state index is 1.01. The van der Waals surface area contributed by atoms with Crippen LogP contribution in [0.5, 0.6) is 0 Å². The summed E-state index contributed by atoms with van der Waals surface area (Å²) in [7, 11) is 0. The fraction of sp³-hybridized carbons (Fsp3) is 0.125. The Hall–Kier alpha value is -1.34. The Balaban J connectivity index is 1.96. The highest BCUT2D eigenvalue weighted by atomic mass is 79.9. The number of benzene rings is 2. The van der Waals surface area contributed by atoms with Crippen LogP contribution in [0.25, 0.3) is 5.57 Å². The normalized spacial score (nSPS) is 13.9. The third kappa shape index (κ3) is 2.07. The summed E-state index contributed by atoms with van der Waals surface area (Å²) in [6.07, 6.45) is 2.05. The second-order valence-corrected chi connectivity index (χ2v) is 5.34. The van der Waals surface area contributed by atoms with E-state index in [1.165, 1.54) is 26.7 Å². The van der Waals surface area contributed by atoms with Gasteiger partial charge >= 0.3 is 0 Å². The maximum Gasteiger partial charge on any atom is 0.00498 e. The zero-order valence-corrected chi connectivity index (χ0v) is 11.1. The van der Waals surface area contributed by atoms with E-state index in [4.69, 9.17) is 0 Å². The van der Waals surface area contributed by atoms with Crippen LogP contribution < -0.4 is 0 Å². The maximum atomic E-state index is 3.72. The van der Waals surface area contributed by atoms with E-state index in [0.29, 0.717) is 0 Å². The van der Waals surface area contributed by atoms with Crippen molar-refractivity contribution in [3.8, 4) is 0 Å². The van der Waals surface area contributed by atoms with Crippen molar-refractivity contribution in [2.45, 2.75) is 12.8 Å². The lowest BCUT2D eigenvalue weighted by Crippen LogP contribution is -1.89. The summed E-state index contributed by atoms with van der Waals surface area (Å²) < 4.78 is 1.34. The van der Waals surface area contributed by atoms with Gasteiger partial charge in [0, 0.05) is 10.9 Å². The van der Waals surface area contributed by atoms with Crippen molar-refractivity contribution < 1.29 is 0 Å². The van der Waals surface area contributed by atoms with Gasteiger partial charge in [0.05, 0.1) is 0 Å². The summed E-state index contributed by atoms with van der Waals surface area (Å²) >= 11 is 3.72. The van der Waals surface area contributed by atoms with Gasteiger partial charge < -0.3 is 0 Å². The molecule has 0 heterocycles. The number of rotatable bonds is 2. The topological polar surface area (TPSA) is 0 Å². The average Bonchev–Trinajstić information content (AvgIpc) is 2.68. The van der Waals surface area contributed by atoms with Gasteiger partial charge in [0.1, 0.15) is 0 Å². The Morgan fingerprint density at radius 1 is 0.882 bits per heavy atom. The highest BCUT2D eigenvalue weighted by molar-refractivity contribution is 9.11. The first-order chi connectivity index (χ1) is 8.34. The largest absolute Gasteiger partial charge is 0.0622 e. The number of hydrogen-bond donors (Lipinski definition) is 0. The molecule has 84 valence electrons. The Labute approximate surface area is 110 Å². The van der Waals surface area contributed by atoms with Gasteiger partial charge in [0.25, 0.3) is 0 Å². The highest BCUT2D eigenvalue weighted by Gasteiger charge is 2.19. The van der Waals surface area contributed by atoms with Crippen molar-refractivity contribution in [3.63, 3.8) is 0 Å². The molecular formula is C16H13Br. The standard InChI is InChI=1S/C16H13Br/c17-16-11-13-8-4-5-9-14(13)15(16)10-12-6-2-1-3-7-12/h1-9H,10-11H2. The zero-order valence-electron chi connectivity index (χ0n) is 9.49. The first kappa shape index (κ1) is 10.8. The van der Waals surface area contributed by atoms with E-state index in [1.807, 2.05) is 0 Å². The first-order valence-electron chi connectivity index (χ1n) is 5.84. The van der Waals surface area contributed by atoms with Crippen LogP contribution in [0.3, 0.4) is 0 Å². The predicted molar refractivity (Wildman–Crippen MR) is 76.1 cm³/mol. The summed E-state index contributed by atoms with van der Waals surface area (Å²) in [5.74, 6) is 0. The van der Waals surface area contributed by atoms with Crippen LogP contribution in [0, 0.1) is 0 Å². The zero-order chi connectivity index (χ0) is 11.7. The lowest BCUT2D eigenvalue weighted by Gasteiger charge is -2.06. The molecule has 1 aliphatic rings. The molecule has 0 N–H and O–H groups in total. The minimum absolute atomic E-state index is 1.01. The molecule has 0 aromatic heterocycles. The van der Waals surface area contributed by atoms with Gasteiger partial charge in [0.15, 0.2) is 0 Å². The van der Waals surface area contributed by atoms with E-state index in [1.54, 1.807) is 0 Å². The van der Waals surface area contributed by atoms with Crippen LogP contribution in [-0.2, 0) is 12.8 Å². The fourth-order valence-corrected chi connectivity index (χ4v) is 3.04. The maximum absolute atomic E-state index is 3.72. The van der Waals surface area contributed by atoms with Gasteiger partial charge in [-0.2, -0.15) is 0 Å². The monoisotopic (exact) mass is 284 g/mol. The van der Waals surface area contributed by atoms with E-state index >= 15 is 0 Å². The van der Waals surface area contributed by atoms with Crippen LogP contribution in [0.2, 0.25) is 0 Å². The highest BCUT2D eigenvalue weighted by Crippen LogP contribution is 2.37. The molecule has 0 spiro atoms. The molecule has 1 heteroatoms. The molecule has 2 aromatic carbocycles. The number of halogens is 1. The Kier molecular flexibility index (Phi) is 2.86. The second-order valence-electron chi connectivity index (χ2n) is 4.38. The fourth-order valence-electron chi connectivity index (χ4n) is 2.38. The summed E-state index contributed by atoms with van der Waals surface area (Å²) in [6, 6.07) is 19.3. The molecule has 0 aliphatic heterocycles. The van der Waals surface area contributed by atoms with E-state index in [2.05, 4.69) is 70.5 Å². The third-order valence-corrected chi connectivity index (χ3v) is 4.00. The molecule has 0 saturated heterocycles. The average molecular weight is 285 g/mol. The number of allylic oxidation sites excluding steroid dienone is 2. The molecule has 2 aromatic rings. The van der Waals surface area contributed by atoms with Gasteiger partial charge in [-0.25, -0.2) is 0 Å². The molecule has 0 unspecified atom stereocenters. The van der Waals surface area contributed by atoms with Gasteiger partial charge in [0.2, 0.25) is 0 Å². The molecule has 0 nitrogen and oxygen atoms in total. The molecule has 0 bridgehead atoms. The van der Waals surface area contributed by atoms with Crippen LogP contribution in [0.15, 0.2) is 59.1 Å². The predicted octanol–water partition coefficient (Wildman–Crippen LogP) is 4.59. The van der Waals surface area contributed by atoms with Crippen LogP contribution in [0.4, 0.5) is 0 Å². The van der Waals surface area contributed by atoms with E-state index in [-0.39, 0.29) is 0 Å². The lowest BCUT2D eigenvalue weighted by molar-refractivity contribution is 1.29. The van der Waals surface area contributed by atoms with Gasteiger partial charge in [-0.05, 0) is 28.7 Å². The molecule has 3 rings (SSSR count). The van der Waals surface area contributed by atoms with Crippen LogP contribution in [0.1, 0.15) is 16.7 Å². The third-order valence-electron chi connectivity index (χ3n) is 3.24. The SMILES string of the molecule is BrC1=C(Cc2ccccc2)c2ccccc2C1. The summed E-state index contributed by atoms with van der Waals surface area (Å²) in [5, 5.41) is 0. The molecular weight excluding hydrogens is 272 g/mol. The molecule has 0 saturated carbocycles. The van der Waals surface area contributed by atoms with Crippen molar-refractivity contribution >= 4 is 21.5 Å². The molecule has 17 heavy (non-hydrogen) atoms. The van der Waals surface area contributed by atoms with Gasteiger partial charge in [-0.3, -0.25) is 0 Å². The van der Waals surface area contributed by atoms with Crippen molar-refractivity contribution in [3.05, 3.63) is 75.8 Å². The van der Waals surface area contributed by atoms with Crippen molar-refractivity contribution in [2.24, 2.45) is 0 Å². The van der Waals surface area contributed by atoms with Crippen LogP contribution >= 0.6 is 15.9 Å². The summed E-state index contributed by atoms with van der Waals surface area (Å²) in [5.41, 5.74) is 5.65. The Morgan fingerprint density at radius 3 is 2.41 bits per heavy atom. The minimum Gasteiger partial charge on any atom is -0.0622 e. The first-order valence-corrected chi connectivity index (χ1v) is 6.63. The van der Waals surface area contributed by atoms with Crippen LogP contribution in [-0.4, -0.2) is 0 Å². The van der Waals surface area contributed by atoms with Gasteiger partial charge in [-0.15, -0.1) is 0 Å². The number of hydrogen-bond acceptors (Lipinski definition) is 0. The van der Waals surface area contributed by atoms with E-state index in [9.17, 15) is 0 Å². The summed E-state index contributed by atoms with van der Waals surface area (Å²) in [4.78, 5) is 0.